The fraction of sp³-hybridized carbons (Fsp3) is 0.700. The molecule has 0 rings (SSSR count). The van der Waals surface area contributed by atoms with Gasteiger partial charge in [0.25, 0.3) is 0 Å². The molecule has 0 atom stereocenters. The molecule has 1 amide bonds. The van der Waals surface area contributed by atoms with Crippen LogP contribution in [-0.2, 0) is 4.79 Å². The number of quaternary nitrogens is 1. The summed E-state index contributed by atoms with van der Waals surface area (Å²) in [7, 11) is 6.64. The van der Waals surface area contributed by atoms with E-state index in [4.69, 9.17) is 5.73 Å². The standard InChI is InChI=1S/C6H16N.C4H7NO.ClH/c1-5-6-7(2,3)4;1-3(2)4(5)6;/h5-6H2,1-4H3;1H2,2H3,(H2,5,6);1H/q+1;;/p-1. The molecule has 0 aliphatic carbocycles. The number of rotatable bonds is 3. The maximum absolute atomic E-state index is 9.82. The van der Waals surface area contributed by atoms with Crippen molar-refractivity contribution in [2.24, 2.45) is 5.73 Å². The van der Waals surface area contributed by atoms with Gasteiger partial charge in [-0.05, 0) is 13.3 Å². The van der Waals surface area contributed by atoms with Crippen molar-refractivity contribution in [2.45, 2.75) is 20.3 Å². The molecule has 0 fully saturated rings. The third-order valence-corrected chi connectivity index (χ3v) is 1.32. The Balaban J connectivity index is -0.000000163. The zero-order valence-corrected chi connectivity index (χ0v) is 10.7. The number of hydrogen-bond donors (Lipinski definition) is 1. The molecule has 0 heterocycles. The summed E-state index contributed by atoms with van der Waals surface area (Å²) in [5.41, 5.74) is 5.09. The number of amides is 1. The minimum Gasteiger partial charge on any atom is -1.00 e. The monoisotopic (exact) mass is 222 g/mol. The van der Waals surface area contributed by atoms with E-state index in [0.29, 0.717) is 5.57 Å². The summed E-state index contributed by atoms with van der Waals surface area (Å²) in [5.74, 6) is -0.435. The van der Waals surface area contributed by atoms with E-state index in [1.807, 2.05) is 0 Å². The normalized spacial score (nSPS) is 9.21. The second kappa shape index (κ2) is 9.03. The van der Waals surface area contributed by atoms with Gasteiger partial charge in [-0.1, -0.05) is 13.5 Å². The number of carbonyl (C=O) groups is 1. The predicted molar refractivity (Wildman–Crippen MR) is 57.2 cm³/mol. The van der Waals surface area contributed by atoms with E-state index in [-0.39, 0.29) is 12.4 Å². The van der Waals surface area contributed by atoms with Crippen LogP contribution < -0.4 is 18.1 Å². The molecule has 3 nitrogen and oxygen atoms in total. The van der Waals surface area contributed by atoms with Gasteiger partial charge in [-0.2, -0.15) is 0 Å². The van der Waals surface area contributed by atoms with Crippen LogP contribution >= 0.6 is 0 Å². The van der Waals surface area contributed by atoms with Gasteiger partial charge in [0, 0.05) is 5.57 Å². The number of hydrogen-bond acceptors (Lipinski definition) is 1. The molecule has 0 unspecified atom stereocenters. The molecule has 2 N–H and O–H groups in total. The Hall–Kier alpha value is -0.540. The quantitative estimate of drug-likeness (QED) is 0.443. The average Bonchev–Trinajstić information content (AvgIpc) is 1.85. The molecule has 0 aromatic carbocycles. The summed E-state index contributed by atoms with van der Waals surface area (Å²) in [6.45, 7) is 8.34. The lowest BCUT2D eigenvalue weighted by Gasteiger charge is -2.22. The van der Waals surface area contributed by atoms with E-state index in [9.17, 15) is 4.79 Å². The Bertz CT molecular complexity index is 161. The van der Waals surface area contributed by atoms with Gasteiger partial charge in [-0.15, -0.1) is 0 Å². The minimum atomic E-state index is -0.435. The van der Waals surface area contributed by atoms with Crippen molar-refractivity contribution in [3.8, 4) is 0 Å². The van der Waals surface area contributed by atoms with E-state index < -0.39 is 5.91 Å². The Morgan fingerprint density at radius 3 is 1.64 bits per heavy atom. The molecule has 0 radical (unpaired) electrons. The van der Waals surface area contributed by atoms with Crippen molar-refractivity contribution < 1.29 is 21.7 Å². The molecule has 0 saturated heterocycles. The van der Waals surface area contributed by atoms with Crippen molar-refractivity contribution >= 4 is 5.91 Å². The van der Waals surface area contributed by atoms with Crippen molar-refractivity contribution in [1.29, 1.82) is 0 Å². The first-order chi connectivity index (χ1) is 5.70. The summed E-state index contributed by atoms with van der Waals surface area (Å²) < 4.78 is 1.09. The number of nitrogens with two attached hydrogens (primary N) is 1. The number of carbonyl (C=O) groups excluding carboxylic acids is 1. The van der Waals surface area contributed by atoms with Crippen LogP contribution in [0.3, 0.4) is 0 Å². The van der Waals surface area contributed by atoms with Gasteiger partial charge < -0.3 is 22.6 Å². The van der Waals surface area contributed by atoms with Gasteiger partial charge in [-0.25, -0.2) is 0 Å². The third-order valence-electron chi connectivity index (χ3n) is 1.32. The highest BCUT2D eigenvalue weighted by atomic mass is 35.5. The molecule has 0 saturated carbocycles. The minimum absolute atomic E-state index is 0. The summed E-state index contributed by atoms with van der Waals surface area (Å²) in [5, 5.41) is 0. The van der Waals surface area contributed by atoms with Gasteiger partial charge in [0.05, 0.1) is 27.7 Å². The smallest absolute Gasteiger partial charge is 0.243 e. The average molecular weight is 223 g/mol. The van der Waals surface area contributed by atoms with Gasteiger partial charge >= 0.3 is 0 Å². The van der Waals surface area contributed by atoms with Gasteiger partial charge in [0.1, 0.15) is 0 Å². The molecule has 0 aliphatic rings. The van der Waals surface area contributed by atoms with E-state index in [0.717, 1.165) is 4.48 Å². The second-order valence-corrected chi connectivity index (χ2v) is 4.16. The summed E-state index contributed by atoms with van der Waals surface area (Å²) in [6.07, 6.45) is 1.28. The summed E-state index contributed by atoms with van der Waals surface area (Å²) >= 11 is 0. The highest BCUT2D eigenvalue weighted by molar-refractivity contribution is 5.90. The first kappa shape index (κ1) is 19.1. The molecule has 0 aliphatic heterocycles. The third kappa shape index (κ3) is 22.5. The lowest BCUT2D eigenvalue weighted by molar-refractivity contribution is -0.870. The van der Waals surface area contributed by atoms with Crippen LogP contribution in [0.2, 0.25) is 0 Å². The van der Waals surface area contributed by atoms with Crippen molar-refractivity contribution in [3.05, 3.63) is 12.2 Å². The van der Waals surface area contributed by atoms with Crippen LogP contribution in [-0.4, -0.2) is 38.1 Å². The number of halogens is 1. The molecule has 0 aromatic heterocycles. The zero-order chi connectivity index (χ0) is 11.1. The van der Waals surface area contributed by atoms with E-state index in [1.165, 1.54) is 13.0 Å². The lowest BCUT2D eigenvalue weighted by Crippen LogP contribution is -3.00. The first-order valence-corrected chi connectivity index (χ1v) is 4.46. The fourth-order valence-corrected chi connectivity index (χ4v) is 0.671. The zero-order valence-electron chi connectivity index (χ0n) is 9.93. The topological polar surface area (TPSA) is 43.1 Å². The van der Waals surface area contributed by atoms with Crippen LogP contribution in [0.25, 0.3) is 0 Å². The molecular formula is C10H23ClN2O. The second-order valence-electron chi connectivity index (χ2n) is 4.16. The molecular weight excluding hydrogens is 200 g/mol. The highest BCUT2D eigenvalue weighted by Gasteiger charge is 2.01. The van der Waals surface area contributed by atoms with Crippen LogP contribution in [0.1, 0.15) is 20.3 Å². The molecule has 4 heteroatoms. The van der Waals surface area contributed by atoms with Crippen LogP contribution in [0.4, 0.5) is 0 Å². The van der Waals surface area contributed by atoms with Crippen LogP contribution in [0, 0.1) is 0 Å². The number of nitrogens with zero attached hydrogens (tertiary/aromatic N) is 1. The molecule has 86 valence electrons. The van der Waals surface area contributed by atoms with Crippen molar-refractivity contribution in [2.75, 3.05) is 27.7 Å². The van der Waals surface area contributed by atoms with Crippen molar-refractivity contribution in [3.63, 3.8) is 0 Å². The highest BCUT2D eigenvalue weighted by Crippen LogP contribution is 1.90. The van der Waals surface area contributed by atoms with Crippen LogP contribution in [0.5, 0.6) is 0 Å². The largest absolute Gasteiger partial charge is 1.00 e. The Morgan fingerprint density at radius 1 is 1.36 bits per heavy atom. The first-order valence-electron chi connectivity index (χ1n) is 4.46. The molecule has 0 bridgehead atoms. The van der Waals surface area contributed by atoms with E-state index >= 15 is 0 Å². The Morgan fingerprint density at radius 2 is 1.64 bits per heavy atom. The number of primary amides is 1. The fourth-order valence-electron chi connectivity index (χ4n) is 0.671. The molecule has 0 aromatic rings. The Kier molecular flexibility index (Phi) is 12.3. The van der Waals surface area contributed by atoms with Crippen LogP contribution in [0.15, 0.2) is 12.2 Å². The summed E-state index contributed by atoms with van der Waals surface area (Å²) in [4.78, 5) is 9.82. The lowest BCUT2D eigenvalue weighted by atomic mass is 10.3. The molecule has 0 spiro atoms. The maximum atomic E-state index is 9.82. The van der Waals surface area contributed by atoms with E-state index in [1.54, 1.807) is 6.92 Å². The van der Waals surface area contributed by atoms with E-state index in [2.05, 4.69) is 34.6 Å². The van der Waals surface area contributed by atoms with Gasteiger partial charge in [0.2, 0.25) is 5.91 Å². The van der Waals surface area contributed by atoms with Gasteiger partial charge in [0.15, 0.2) is 0 Å². The Labute approximate surface area is 94.0 Å². The predicted octanol–water partition coefficient (Wildman–Crippen LogP) is -1.85. The van der Waals surface area contributed by atoms with Crippen molar-refractivity contribution in [1.82, 2.24) is 0 Å². The summed E-state index contributed by atoms with van der Waals surface area (Å²) in [6, 6.07) is 0. The SMILES string of the molecule is C=C(C)C(N)=O.CCC[N+](C)(C)C.[Cl-]. The molecule has 14 heavy (non-hydrogen) atoms. The maximum Gasteiger partial charge on any atom is 0.243 e. The van der Waals surface area contributed by atoms with Gasteiger partial charge in [-0.3, -0.25) is 4.79 Å².